The lowest BCUT2D eigenvalue weighted by molar-refractivity contribution is -0.128. The molecule has 1 unspecified atom stereocenters. The number of rotatable bonds is 9. The van der Waals surface area contributed by atoms with Crippen LogP contribution in [0.15, 0.2) is 0 Å². The van der Waals surface area contributed by atoms with E-state index < -0.39 is 6.10 Å². The molecule has 0 aromatic rings. The summed E-state index contributed by atoms with van der Waals surface area (Å²) in [6.07, 6.45) is 1.67. The molecule has 96 valence electrons. The normalized spacial score (nSPS) is 12.5. The van der Waals surface area contributed by atoms with Crippen LogP contribution in [0.4, 0.5) is 0 Å². The first kappa shape index (κ1) is 15.3. The van der Waals surface area contributed by atoms with Gasteiger partial charge in [-0.3, -0.25) is 4.79 Å². The number of amides is 1. The van der Waals surface area contributed by atoms with E-state index >= 15 is 0 Å². The smallest absolute Gasteiger partial charge is 0.222 e. The molecule has 1 amide bonds. The van der Waals surface area contributed by atoms with E-state index in [2.05, 4.69) is 5.32 Å². The number of nitrogens with one attached hydrogen (secondary N) is 1. The molecular formula is C11H24N2O3. The highest BCUT2D eigenvalue weighted by atomic mass is 16.5. The van der Waals surface area contributed by atoms with Crippen LogP contribution in [0.1, 0.15) is 19.3 Å². The Balaban J connectivity index is 3.24. The minimum absolute atomic E-state index is 0.154. The Kier molecular flexibility index (Phi) is 9.18. The third-order valence-electron chi connectivity index (χ3n) is 2.26. The molecule has 5 heteroatoms. The SMILES string of the molecule is COCC(O)CCNCCCC(=O)N(C)C. The van der Waals surface area contributed by atoms with Crippen LogP contribution in [0, 0.1) is 0 Å². The Morgan fingerprint density at radius 2 is 2.12 bits per heavy atom. The van der Waals surface area contributed by atoms with Gasteiger partial charge in [-0.05, 0) is 25.9 Å². The Morgan fingerprint density at radius 3 is 2.69 bits per heavy atom. The Hall–Kier alpha value is -0.650. The van der Waals surface area contributed by atoms with Crippen molar-refractivity contribution >= 4 is 5.91 Å². The summed E-state index contributed by atoms with van der Waals surface area (Å²) in [6.45, 7) is 1.93. The zero-order chi connectivity index (χ0) is 12.4. The molecule has 0 heterocycles. The van der Waals surface area contributed by atoms with Crippen molar-refractivity contribution in [2.24, 2.45) is 0 Å². The fourth-order valence-corrected chi connectivity index (χ4v) is 1.26. The molecule has 0 aliphatic heterocycles. The third-order valence-corrected chi connectivity index (χ3v) is 2.26. The lowest BCUT2D eigenvalue weighted by Gasteiger charge is -2.11. The molecule has 0 saturated heterocycles. The van der Waals surface area contributed by atoms with Crippen molar-refractivity contribution in [2.45, 2.75) is 25.4 Å². The molecule has 0 spiro atoms. The van der Waals surface area contributed by atoms with Gasteiger partial charge in [0, 0.05) is 27.6 Å². The van der Waals surface area contributed by atoms with Crippen molar-refractivity contribution in [2.75, 3.05) is 40.9 Å². The second-order valence-electron chi connectivity index (χ2n) is 4.04. The highest BCUT2D eigenvalue weighted by Crippen LogP contribution is 1.93. The summed E-state index contributed by atoms with van der Waals surface area (Å²) >= 11 is 0. The van der Waals surface area contributed by atoms with E-state index in [0.29, 0.717) is 19.4 Å². The second kappa shape index (κ2) is 9.57. The highest BCUT2D eigenvalue weighted by Gasteiger charge is 2.04. The van der Waals surface area contributed by atoms with Gasteiger partial charge in [-0.1, -0.05) is 0 Å². The lowest BCUT2D eigenvalue weighted by atomic mass is 10.2. The van der Waals surface area contributed by atoms with Crippen molar-refractivity contribution in [3.8, 4) is 0 Å². The van der Waals surface area contributed by atoms with Crippen molar-refractivity contribution in [1.82, 2.24) is 10.2 Å². The fraction of sp³-hybridized carbons (Fsp3) is 0.909. The van der Waals surface area contributed by atoms with E-state index in [1.807, 2.05) is 0 Å². The number of hydrogen-bond acceptors (Lipinski definition) is 4. The molecule has 0 rings (SSSR count). The molecule has 16 heavy (non-hydrogen) atoms. The molecule has 5 nitrogen and oxygen atoms in total. The Labute approximate surface area is 97.8 Å². The maximum Gasteiger partial charge on any atom is 0.222 e. The van der Waals surface area contributed by atoms with Crippen LogP contribution in [-0.2, 0) is 9.53 Å². The average Bonchev–Trinajstić information content (AvgIpc) is 2.23. The van der Waals surface area contributed by atoms with E-state index in [9.17, 15) is 9.90 Å². The standard InChI is InChI=1S/C11H24N2O3/c1-13(2)11(15)5-4-7-12-8-6-10(14)9-16-3/h10,12,14H,4-9H2,1-3H3. The minimum atomic E-state index is -0.402. The molecule has 0 aromatic heterocycles. The number of ether oxygens (including phenoxy) is 1. The summed E-state index contributed by atoms with van der Waals surface area (Å²) in [5.74, 6) is 0.154. The van der Waals surface area contributed by atoms with Gasteiger partial charge in [-0.2, -0.15) is 0 Å². The van der Waals surface area contributed by atoms with Crippen LogP contribution < -0.4 is 5.32 Å². The molecule has 0 radical (unpaired) electrons. The van der Waals surface area contributed by atoms with E-state index in [4.69, 9.17) is 4.74 Å². The van der Waals surface area contributed by atoms with Crippen LogP contribution in [0.5, 0.6) is 0 Å². The number of methoxy groups -OCH3 is 1. The molecule has 0 aromatic carbocycles. The Bertz CT molecular complexity index is 186. The first-order valence-corrected chi connectivity index (χ1v) is 5.65. The third kappa shape index (κ3) is 8.64. The van der Waals surface area contributed by atoms with Crippen LogP contribution >= 0.6 is 0 Å². The van der Waals surface area contributed by atoms with Crippen LogP contribution in [0.3, 0.4) is 0 Å². The quantitative estimate of drug-likeness (QED) is 0.542. The summed E-state index contributed by atoms with van der Waals surface area (Å²) < 4.78 is 4.81. The van der Waals surface area contributed by atoms with Crippen LogP contribution in [-0.4, -0.2) is 62.9 Å². The van der Waals surface area contributed by atoms with E-state index in [1.54, 1.807) is 26.1 Å². The molecule has 0 saturated carbocycles. The van der Waals surface area contributed by atoms with Gasteiger partial charge in [0.15, 0.2) is 0 Å². The molecule has 0 bridgehead atoms. The summed E-state index contributed by atoms with van der Waals surface area (Å²) in [5.41, 5.74) is 0. The van der Waals surface area contributed by atoms with Gasteiger partial charge >= 0.3 is 0 Å². The number of aliphatic hydroxyl groups is 1. The van der Waals surface area contributed by atoms with Crippen molar-refractivity contribution in [3.63, 3.8) is 0 Å². The van der Waals surface area contributed by atoms with Gasteiger partial charge in [0.25, 0.3) is 0 Å². The van der Waals surface area contributed by atoms with E-state index in [0.717, 1.165) is 19.5 Å². The monoisotopic (exact) mass is 232 g/mol. The molecular weight excluding hydrogens is 208 g/mol. The molecule has 0 fully saturated rings. The van der Waals surface area contributed by atoms with Crippen LogP contribution in [0.2, 0.25) is 0 Å². The molecule has 1 atom stereocenters. The maximum absolute atomic E-state index is 11.2. The van der Waals surface area contributed by atoms with Gasteiger partial charge in [0.2, 0.25) is 5.91 Å². The number of hydrogen-bond donors (Lipinski definition) is 2. The number of nitrogens with zero attached hydrogens (tertiary/aromatic N) is 1. The molecule has 0 aliphatic carbocycles. The minimum Gasteiger partial charge on any atom is -0.391 e. The topological polar surface area (TPSA) is 61.8 Å². The number of carbonyl (C=O) groups is 1. The van der Waals surface area contributed by atoms with Gasteiger partial charge < -0.3 is 20.1 Å². The van der Waals surface area contributed by atoms with Gasteiger partial charge in [-0.25, -0.2) is 0 Å². The first-order chi connectivity index (χ1) is 7.57. The summed E-state index contributed by atoms with van der Waals surface area (Å²) in [6, 6.07) is 0. The first-order valence-electron chi connectivity index (χ1n) is 5.65. The molecule has 2 N–H and O–H groups in total. The summed E-state index contributed by atoms with van der Waals surface area (Å²) in [7, 11) is 5.09. The highest BCUT2D eigenvalue weighted by molar-refractivity contribution is 5.75. The zero-order valence-corrected chi connectivity index (χ0v) is 10.5. The second-order valence-corrected chi connectivity index (χ2v) is 4.04. The van der Waals surface area contributed by atoms with Crippen LogP contribution in [0.25, 0.3) is 0 Å². The lowest BCUT2D eigenvalue weighted by Crippen LogP contribution is -2.26. The van der Waals surface area contributed by atoms with E-state index in [1.165, 1.54) is 0 Å². The largest absolute Gasteiger partial charge is 0.391 e. The maximum atomic E-state index is 11.2. The average molecular weight is 232 g/mol. The number of aliphatic hydroxyl groups excluding tert-OH is 1. The van der Waals surface area contributed by atoms with Gasteiger partial charge in [0.1, 0.15) is 0 Å². The predicted molar refractivity (Wildman–Crippen MR) is 63.3 cm³/mol. The zero-order valence-electron chi connectivity index (χ0n) is 10.5. The summed E-state index contributed by atoms with van der Waals surface area (Å²) in [5, 5.41) is 12.5. The van der Waals surface area contributed by atoms with Crippen molar-refractivity contribution in [3.05, 3.63) is 0 Å². The molecule has 0 aliphatic rings. The number of carbonyl (C=O) groups excluding carboxylic acids is 1. The van der Waals surface area contributed by atoms with Gasteiger partial charge in [-0.15, -0.1) is 0 Å². The van der Waals surface area contributed by atoms with Gasteiger partial charge in [0.05, 0.1) is 12.7 Å². The fourth-order valence-electron chi connectivity index (χ4n) is 1.26. The van der Waals surface area contributed by atoms with E-state index in [-0.39, 0.29) is 5.91 Å². The van der Waals surface area contributed by atoms with Crippen molar-refractivity contribution < 1.29 is 14.6 Å². The Morgan fingerprint density at radius 1 is 1.44 bits per heavy atom. The van der Waals surface area contributed by atoms with Crippen molar-refractivity contribution in [1.29, 1.82) is 0 Å². The predicted octanol–water partition coefficient (Wildman–Crippen LogP) is -0.158. The summed E-state index contributed by atoms with van der Waals surface area (Å²) in [4.78, 5) is 12.8.